The second-order valence-corrected chi connectivity index (χ2v) is 34.3. The monoisotopic (exact) mass is 632 g/mol. The van der Waals surface area contributed by atoms with E-state index in [0.29, 0.717) is 0 Å². The Labute approximate surface area is 201 Å². The summed E-state index contributed by atoms with van der Waals surface area (Å²) in [5.41, 5.74) is 0. The molecule has 0 saturated heterocycles. The van der Waals surface area contributed by atoms with Gasteiger partial charge in [0.25, 0.3) is 0 Å². The first-order valence-corrected chi connectivity index (χ1v) is 28.4. The SMILES string of the molecule is C#[C][Sn]([CH2]CCC)([CH2]CCC)[CH2]CCC.C#[C][Sn]([CH2]CCC)([CH2]CCC)[CH2]CCC. The molecule has 0 N–H and O–H groups in total. The van der Waals surface area contributed by atoms with Crippen LogP contribution in [-0.2, 0) is 0 Å². The fourth-order valence-electron chi connectivity index (χ4n) is 4.27. The van der Waals surface area contributed by atoms with Crippen LogP contribution in [0.2, 0.25) is 26.6 Å². The summed E-state index contributed by atoms with van der Waals surface area (Å²) in [5, 5.41) is 0. The van der Waals surface area contributed by atoms with Crippen molar-refractivity contribution in [1.82, 2.24) is 0 Å². The van der Waals surface area contributed by atoms with E-state index >= 15 is 0 Å². The maximum absolute atomic E-state index is 5.87. The average molecular weight is 630 g/mol. The Balaban J connectivity index is 0. The van der Waals surface area contributed by atoms with Crippen molar-refractivity contribution in [1.29, 1.82) is 0 Å². The van der Waals surface area contributed by atoms with Gasteiger partial charge < -0.3 is 0 Å². The van der Waals surface area contributed by atoms with Gasteiger partial charge >= 0.3 is 203 Å². The van der Waals surface area contributed by atoms with E-state index in [4.69, 9.17) is 12.8 Å². The minimum absolute atomic E-state index is 1.32. The normalized spacial score (nSPS) is 11.3. The van der Waals surface area contributed by atoms with Crippen molar-refractivity contribution < 1.29 is 0 Å². The number of unbranched alkanes of at least 4 members (excludes halogenated alkanes) is 6. The molecule has 0 heterocycles. The predicted octanol–water partition coefficient (Wildman–Crippen LogP) is 10.0. The summed E-state index contributed by atoms with van der Waals surface area (Å²) < 4.78 is 15.3. The molecule has 0 aliphatic heterocycles. The molecule has 30 heavy (non-hydrogen) atoms. The van der Waals surface area contributed by atoms with Gasteiger partial charge in [-0.1, -0.05) is 0 Å². The molecule has 176 valence electrons. The van der Waals surface area contributed by atoms with Gasteiger partial charge in [0.05, 0.1) is 0 Å². The van der Waals surface area contributed by atoms with Gasteiger partial charge in [-0.25, -0.2) is 0 Å². The first-order valence-electron chi connectivity index (χ1n) is 13.4. The van der Waals surface area contributed by atoms with Crippen LogP contribution in [0, 0.1) is 20.7 Å². The van der Waals surface area contributed by atoms with Crippen molar-refractivity contribution in [3.63, 3.8) is 0 Å². The molecule has 0 aliphatic rings. The molecule has 0 amide bonds. The van der Waals surface area contributed by atoms with E-state index in [0.717, 1.165) is 0 Å². The maximum atomic E-state index is 5.87. The number of hydrogen-bond donors (Lipinski definition) is 0. The summed E-state index contributed by atoms with van der Waals surface area (Å²) in [4.78, 5) is 0. The molecule has 0 radical (unpaired) electrons. The molecule has 0 aliphatic carbocycles. The first kappa shape index (κ1) is 32.9. The topological polar surface area (TPSA) is 0 Å². The van der Waals surface area contributed by atoms with E-state index in [9.17, 15) is 0 Å². The molecule has 0 atom stereocenters. The first-order chi connectivity index (χ1) is 14.5. The van der Waals surface area contributed by atoms with Crippen LogP contribution in [0.1, 0.15) is 119 Å². The zero-order chi connectivity index (χ0) is 23.1. The van der Waals surface area contributed by atoms with Crippen LogP contribution < -0.4 is 0 Å². The van der Waals surface area contributed by atoms with E-state index in [1.807, 2.05) is 0 Å². The minimum atomic E-state index is -2.09. The fraction of sp³-hybridized carbons (Fsp3) is 0.857. The van der Waals surface area contributed by atoms with Crippen LogP contribution in [0.3, 0.4) is 0 Å². The molecular formula is C28H56Sn2. The van der Waals surface area contributed by atoms with Gasteiger partial charge in [0.15, 0.2) is 0 Å². The van der Waals surface area contributed by atoms with E-state index in [1.165, 1.54) is 104 Å². The summed E-state index contributed by atoms with van der Waals surface area (Å²) in [6.45, 7) is 13.7. The van der Waals surface area contributed by atoms with E-state index in [1.54, 1.807) is 0 Å². The van der Waals surface area contributed by atoms with Crippen molar-refractivity contribution in [2.75, 3.05) is 0 Å². The molecule has 0 aromatic carbocycles. The third-order valence-electron chi connectivity index (χ3n) is 6.67. The van der Waals surface area contributed by atoms with Gasteiger partial charge in [-0.3, -0.25) is 0 Å². The number of terminal acetylenes is 2. The van der Waals surface area contributed by atoms with Crippen LogP contribution in [-0.4, -0.2) is 36.8 Å². The summed E-state index contributed by atoms with van der Waals surface area (Å²) in [6.07, 6.45) is 28.0. The predicted molar refractivity (Wildman–Crippen MR) is 147 cm³/mol. The van der Waals surface area contributed by atoms with Gasteiger partial charge in [0.2, 0.25) is 0 Å². The average Bonchev–Trinajstić information content (AvgIpc) is 2.79. The van der Waals surface area contributed by atoms with Crippen molar-refractivity contribution >= 4 is 36.8 Å². The summed E-state index contributed by atoms with van der Waals surface area (Å²) in [6, 6.07) is 0. The summed E-state index contributed by atoms with van der Waals surface area (Å²) in [7, 11) is 0. The van der Waals surface area contributed by atoms with E-state index in [2.05, 4.69) is 49.4 Å². The van der Waals surface area contributed by atoms with E-state index < -0.39 is 36.8 Å². The molecule has 0 rings (SSSR count). The van der Waals surface area contributed by atoms with Crippen molar-refractivity contribution in [3.05, 3.63) is 0 Å². The second-order valence-electron chi connectivity index (χ2n) is 9.47. The molecular weight excluding hydrogens is 574 g/mol. The Morgan fingerprint density at radius 1 is 0.400 bits per heavy atom. The van der Waals surface area contributed by atoms with Crippen LogP contribution in [0.25, 0.3) is 0 Å². The second kappa shape index (κ2) is 22.9. The van der Waals surface area contributed by atoms with Gasteiger partial charge in [0.1, 0.15) is 0 Å². The quantitative estimate of drug-likeness (QED) is 0.105. The van der Waals surface area contributed by atoms with Crippen LogP contribution in [0.4, 0.5) is 0 Å². The Kier molecular flexibility index (Phi) is 25.1. The van der Waals surface area contributed by atoms with E-state index in [-0.39, 0.29) is 0 Å². The summed E-state index contributed by atoms with van der Waals surface area (Å²) in [5.74, 6) is 0. The molecule has 0 saturated carbocycles. The van der Waals surface area contributed by atoms with Crippen molar-refractivity contribution in [3.8, 4) is 20.7 Å². The molecule has 0 unspecified atom stereocenters. The Morgan fingerprint density at radius 2 is 0.567 bits per heavy atom. The molecule has 0 nitrogen and oxygen atoms in total. The van der Waals surface area contributed by atoms with Gasteiger partial charge in [-0.2, -0.15) is 0 Å². The molecule has 0 aromatic rings. The molecule has 0 spiro atoms. The van der Waals surface area contributed by atoms with Gasteiger partial charge in [-0.05, 0) is 0 Å². The third kappa shape index (κ3) is 16.4. The third-order valence-corrected chi connectivity index (χ3v) is 32.6. The van der Waals surface area contributed by atoms with Crippen molar-refractivity contribution in [2.24, 2.45) is 0 Å². The standard InChI is InChI=1S/6C4H9.2C2H.2Sn/c6*1-3-4-2;2*1-2;;/h6*1,3-4H2,2H3;2*1H;;. The Morgan fingerprint density at radius 3 is 0.667 bits per heavy atom. The number of hydrogen-bond acceptors (Lipinski definition) is 0. The molecule has 0 bridgehead atoms. The van der Waals surface area contributed by atoms with Crippen molar-refractivity contribution in [2.45, 2.75) is 145 Å². The molecule has 2 heteroatoms. The zero-order valence-corrected chi connectivity index (χ0v) is 27.6. The van der Waals surface area contributed by atoms with Crippen LogP contribution in [0.15, 0.2) is 0 Å². The molecule has 0 aromatic heterocycles. The van der Waals surface area contributed by atoms with Gasteiger partial charge in [0, 0.05) is 0 Å². The summed E-state index contributed by atoms with van der Waals surface area (Å²) >= 11 is -4.17. The van der Waals surface area contributed by atoms with Crippen LogP contribution >= 0.6 is 0 Å². The Bertz CT molecular complexity index is 355. The fourth-order valence-corrected chi connectivity index (χ4v) is 28.7. The van der Waals surface area contributed by atoms with Crippen LogP contribution in [0.5, 0.6) is 0 Å². The van der Waals surface area contributed by atoms with Gasteiger partial charge in [-0.15, -0.1) is 0 Å². The molecule has 0 fully saturated rings. The zero-order valence-electron chi connectivity index (χ0n) is 21.9. The number of rotatable bonds is 18. The Hall–Kier alpha value is 0.717.